The maximum Gasteiger partial charge on any atom is 0.306 e. The van der Waals surface area contributed by atoms with Crippen LogP contribution in [-0.4, -0.2) is 23.1 Å². The van der Waals surface area contributed by atoms with Gasteiger partial charge in [-0.25, -0.2) is 0 Å². The molecule has 0 aliphatic carbocycles. The van der Waals surface area contributed by atoms with E-state index in [2.05, 4.69) is 38.2 Å². The van der Waals surface area contributed by atoms with Crippen molar-refractivity contribution in [3.63, 3.8) is 0 Å². The minimum absolute atomic E-state index is 0.0806. The van der Waals surface area contributed by atoms with Crippen LogP contribution in [0.25, 0.3) is 0 Å². The molecular weight excluding hydrogens is 412 g/mol. The first kappa shape index (κ1) is 31.4. The van der Waals surface area contributed by atoms with Gasteiger partial charge in [0.2, 0.25) is 0 Å². The summed E-state index contributed by atoms with van der Waals surface area (Å²) >= 11 is 0. The number of carboxylic acid groups (broad SMARTS) is 1. The molecule has 33 heavy (non-hydrogen) atoms. The van der Waals surface area contributed by atoms with Crippen molar-refractivity contribution in [3.05, 3.63) is 24.3 Å². The molecule has 0 rings (SSSR count). The molecular formula is C29H52O4. The van der Waals surface area contributed by atoms with Crippen molar-refractivity contribution in [1.82, 2.24) is 0 Å². The third-order valence-electron chi connectivity index (χ3n) is 5.88. The number of aliphatic carboxylic acids is 1. The zero-order valence-corrected chi connectivity index (χ0v) is 21.7. The highest BCUT2D eigenvalue weighted by molar-refractivity contribution is 5.69. The summed E-state index contributed by atoms with van der Waals surface area (Å²) in [6, 6.07) is 0. The first-order valence-electron chi connectivity index (χ1n) is 13.8. The maximum absolute atomic E-state index is 12.3. The van der Waals surface area contributed by atoms with Crippen LogP contribution in [-0.2, 0) is 14.3 Å². The van der Waals surface area contributed by atoms with Crippen LogP contribution in [0, 0.1) is 0 Å². The Bertz CT molecular complexity index is 510. The predicted octanol–water partition coefficient (Wildman–Crippen LogP) is 8.94. The molecule has 192 valence electrons. The van der Waals surface area contributed by atoms with Gasteiger partial charge < -0.3 is 9.84 Å². The second-order valence-electron chi connectivity index (χ2n) is 9.22. The standard InChI is InChI=1S/C29H52O4/c1-3-5-7-9-10-11-12-13-14-16-22-26-29(32)33-27(23-19-15-8-6-4-2)24-20-17-18-21-25-28(30)31/h9-10,19,23,27H,3-8,11-18,20-22,24-26H2,1-2H3,(H,30,31)/b10-9-,23-19-. The van der Waals surface area contributed by atoms with Gasteiger partial charge in [0.1, 0.15) is 6.10 Å². The Hall–Kier alpha value is -1.58. The number of carbonyl (C=O) groups excluding carboxylic acids is 1. The van der Waals surface area contributed by atoms with Crippen LogP contribution in [0.15, 0.2) is 24.3 Å². The molecule has 4 heteroatoms. The van der Waals surface area contributed by atoms with E-state index in [1.54, 1.807) is 0 Å². The highest BCUT2D eigenvalue weighted by Crippen LogP contribution is 2.14. The number of esters is 1. The quantitative estimate of drug-likeness (QED) is 0.0879. The largest absolute Gasteiger partial charge is 0.481 e. The summed E-state index contributed by atoms with van der Waals surface area (Å²) in [5.41, 5.74) is 0. The number of allylic oxidation sites excluding steroid dienone is 3. The number of unbranched alkanes of at least 4 members (excludes halogenated alkanes) is 13. The van der Waals surface area contributed by atoms with Crippen molar-refractivity contribution < 1.29 is 19.4 Å². The smallest absolute Gasteiger partial charge is 0.306 e. The van der Waals surface area contributed by atoms with E-state index in [0.29, 0.717) is 6.42 Å². The van der Waals surface area contributed by atoms with E-state index in [4.69, 9.17) is 9.84 Å². The Morgan fingerprint density at radius 1 is 0.667 bits per heavy atom. The Balaban J connectivity index is 4.03. The van der Waals surface area contributed by atoms with Gasteiger partial charge in [-0.3, -0.25) is 9.59 Å². The molecule has 0 aliphatic heterocycles. The lowest BCUT2D eigenvalue weighted by Gasteiger charge is -2.15. The fourth-order valence-corrected chi connectivity index (χ4v) is 3.78. The molecule has 0 spiro atoms. The van der Waals surface area contributed by atoms with Crippen LogP contribution in [0.3, 0.4) is 0 Å². The molecule has 0 aromatic carbocycles. The van der Waals surface area contributed by atoms with Crippen LogP contribution in [0.5, 0.6) is 0 Å². The molecule has 0 radical (unpaired) electrons. The SMILES string of the molecule is CCCC/C=C\CCCCCCCC(=O)OC(/C=C\CCCCC)CCCCCCC(=O)O. The van der Waals surface area contributed by atoms with E-state index < -0.39 is 5.97 Å². The predicted molar refractivity (Wildman–Crippen MR) is 139 cm³/mol. The summed E-state index contributed by atoms with van der Waals surface area (Å²) in [6.07, 6.45) is 29.1. The van der Waals surface area contributed by atoms with E-state index in [9.17, 15) is 9.59 Å². The van der Waals surface area contributed by atoms with E-state index in [0.717, 1.165) is 51.4 Å². The van der Waals surface area contributed by atoms with Gasteiger partial charge in [0, 0.05) is 12.8 Å². The van der Waals surface area contributed by atoms with Crippen molar-refractivity contribution >= 4 is 11.9 Å². The maximum atomic E-state index is 12.3. The monoisotopic (exact) mass is 464 g/mol. The van der Waals surface area contributed by atoms with Gasteiger partial charge in [-0.1, -0.05) is 89.9 Å². The van der Waals surface area contributed by atoms with Crippen molar-refractivity contribution in [3.8, 4) is 0 Å². The Morgan fingerprint density at radius 3 is 1.91 bits per heavy atom. The molecule has 0 aliphatic rings. The van der Waals surface area contributed by atoms with E-state index >= 15 is 0 Å². The molecule has 0 aromatic rings. The molecule has 0 saturated carbocycles. The van der Waals surface area contributed by atoms with Gasteiger partial charge in [0.05, 0.1) is 0 Å². The summed E-state index contributed by atoms with van der Waals surface area (Å²) in [5.74, 6) is -0.806. The number of rotatable bonds is 24. The molecule has 1 N–H and O–H groups in total. The van der Waals surface area contributed by atoms with E-state index in [1.807, 2.05) is 0 Å². The lowest BCUT2D eigenvalue weighted by molar-refractivity contribution is -0.147. The van der Waals surface area contributed by atoms with Crippen molar-refractivity contribution in [1.29, 1.82) is 0 Å². The van der Waals surface area contributed by atoms with Gasteiger partial charge in [0.25, 0.3) is 0 Å². The average molecular weight is 465 g/mol. The Kier molecular flexibility index (Phi) is 23.9. The zero-order chi connectivity index (χ0) is 24.4. The molecule has 4 nitrogen and oxygen atoms in total. The van der Waals surface area contributed by atoms with Crippen LogP contribution in [0.4, 0.5) is 0 Å². The molecule has 0 heterocycles. The summed E-state index contributed by atoms with van der Waals surface area (Å²) in [6.45, 7) is 4.42. The van der Waals surface area contributed by atoms with Gasteiger partial charge >= 0.3 is 11.9 Å². The fourth-order valence-electron chi connectivity index (χ4n) is 3.78. The van der Waals surface area contributed by atoms with Crippen LogP contribution in [0.1, 0.15) is 142 Å². The topological polar surface area (TPSA) is 63.6 Å². The first-order valence-corrected chi connectivity index (χ1v) is 13.8. The van der Waals surface area contributed by atoms with Gasteiger partial charge in [-0.15, -0.1) is 0 Å². The first-order chi connectivity index (χ1) is 16.1. The minimum atomic E-state index is -0.726. The highest BCUT2D eigenvalue weighted by Gasteiger charge is 2.11. The van der Waals surface area contributed by atoms with Crippen LogP contribution in [0.2, 0.25) is 0 Å². The second kappa shape index (κ2) is 25.1. The summed E-state index contributed by atoms with van der Waals surface area (Å²) in [5, 5.41) is 8.73. The fraction of sp³-hybridized carbons (Fsp3) is 0.793. The van der Waals surface area contributed by atoms with Gasteiger partial charge in [0.15, 0.2) is 0 Å². The molecule has 0 amide bonds. The molecule has 1 atom stereocenters. The summed E-state index contributed by atoms with van der Waals surface area (Å²) in [4.78, 5) is 22.9. The number of hydrogen-bond donors (Lipinski definition) is 1. The normalized spacial score (nSPS) is 12.5. The zero-order valence-electron chi connectivity index (χ0n) is 21.7. The second-order valence-corrected chi connectivity index (χ2v) is 9.22. The highest BCUT2D eigenvalue weighted by atomic mass is 16.5. The van der Waals surface area contributed by atoms with Crippen LogP contribution < -0.4 is 0 Å². The van der Waals surface area contributed by atoms with Gasteiger partial charge in [-0.05, 0) is 63.9 Å². The number of carbonyl (C=O) groups is 2. The Labute approximate surface area is 204 Å². The lowest BCUT2D eigenvalue weighted by atomic mass is 10.1. The van der Waals surface area contributed by atoms with E-state index in [1.165, 1.54) is 64.2 Å². The number of carboxylic acids is 1. The number of hydrogen-bond acceptors (Lipinski definition) is 3. The molecule has 0 bridgehead atoms. The third-order valence-corrected chi connectivity index (χ3v) is 5.88. The van der Waals surface area contributed by atoms with Crippen molar-refractivity contribution in [2.45, 2.75) is 148 Å². The Morgan fingerprint density at radius 2 is 1.21 bits per heavy atom. The molecule has 0 saturated heterocycles. The van der Waals surface area contributed by atoms with E-state index in [-0.39, 0.29) is 18.5 Å². The molecule has 0 aromatic heterocycles. The minimum Gasteiger partial charge on any atom is -0.481 e. The van der Waals surface area contributed by atoms with Crippen molar-refractivity contribution in [2.24, 2.45) is 0 Å². The third kappa shape index (κ3) is 24.9. The van der Waals surface area contributed by atoms with Crippen LogP contribution >= 0.6 is 0 Å². The number of ether oxygens (including phenoxy) is 1. The molecule has 1 unspecified atom stereocenters. The van der Waals surface area contributed by atoms with Gasteiger partial charge in [-0.2, -0.15) is 0 Å². The lowest BCUT2D eigenvalue weighted by Crippen LogP contribution is -2.16. The summed E-state index contributed by atoms with van der Waals surface area (Å²) in [7, 11) is 0. The average Bonchev–Trinajstić information content (AvgIpc) is 2.79. The summed E-state index contributed by atoms with van der Waals surface area (Å²) < 4.78 is 5.76. The van der Waals surface area contributed by atoms with Crippen molar-refractivity contribution in [2.75, 3.05) is 0 Å². The molecule has 0 fully saturated rings.